The number of amides is 1. The van der Waals surface area contributed by atoms with Crippen LogP contribution in [0, 0.1) is 5.92 Å². The molecule has 0 aliphatic carbocycles. The number of likely N-dealkylation sites (tertiary alicyclic amines) is 1. The van der Waals surface area contributed by atoms with Crippen LogP contribution in [0.2, 0.25) is 0 Å². The van der Waals surface area contributed by atoms with Crippen molar-refractivity contribution < 1.29 is 4.79 Å². The van der Waals surface area contributed by atoms with Gasteiger partial charge in [-0.3, -0.25) is 9.78 Å². The molecule has 0 atom stereocenters. The van der Waals surface area contributed by atoms with E-state index in [-0.39, 0.29) is 5.91 Å². The number of fused-ring (bicyclic) bond motifs is 1. The summed E-state index contributed by atoms with van der Waals surface area (Å²) in [4.78, 5) is 18.9. The Morgan fingerprint density at radius 3 is 2.90 bits per heavy atom. The predicted molar refractivity (Wildman–Crippen MR) is 84.3 cm³/mol. The zero-order valence-electron chi connectivity index (χ0n) is 12.4. The molecule has 0 radical (unpaired) electrons. The third-order valence-electron chi connectivity index (χ3n) is 4.24. The molecule has 0 unspecified atom stereocenters. The summed E-state index contributed by atoms with van der Waals surface area (Å²) >= 11 is 0. The minimum absolute atomic E-state index is 0.142. The minimum Gasteiger partial charge on any atom is -0.339 e. The summed E-state index contributed by atoms with van der Waals surface area (Å²) < 4.78 is 0. The van der Waals surface area contributed by atoms with Gasteiger partial charge in [0.1, 0.15) is 0 Å². The number of hydrogen-bond acceptors (Lipinski definition) is 3. The first-order valence-corrected chi connectivity index (χ1v) is 7.56. The predicted octanol–water partition coefficient (Wildman–Crippen LogP) is 2.31. The quantitative estimate of drug-likeness (QED) is 0.940. The lowest BCUT2D eigenvalue weighted by molar-refractivity contribution is 0.0691. The van der Waals surface area contributed by atoms with Gasteiger partial charge in [0.05, 0.1) is 5.52 Å². The van der Waals surface area contributed by atoms with Crippen molar-refractivity contribution in [3.05, 3.63) is 42.1 Å². The number of rotatable bonds is 3. The van der Waals surface area contributed by atoms with E-state index < -0.39 is 0 Å². The van der Waals surface area contributed by atoms with E-state index in [1.807, 2.05) is 42.3 Å². The highest BCUT2D eigenvalue weighted by Gasteiger charge is 2.23. The van der Waals surface area contributed by atoms with E-state index in [0.717, 1.165) is 48.9 Å². The SMILES string of the molecule is CNCC1CCN(C(=O)c2ccc3ncccc3c2)CC1. The first-order chi connectivity index (χ1) is 10.3. The van der Waals surface area contributed by atoms with E-state index in [2.05, 4.69) is 10.3 Å². The lowest BCUT2D eigenvalue weighted by atomic mass is 9.96. The van der Waals surface area contributed by atoms with Crippen molar-refractivity contribution in [2.24, 2.45) is 5.92 Å². The number of carbonyl (C=O) groups is 1. The van der Waals surface area contributed by atoms with E-state index in [4.69, 9.17) is 0 Å². The van der Waals surface area contributed by atoms with Crippen LogP contribution in [-0.2, 0) is 0 Å². The van der Waals surface area contributed by atoms with Gasteiger partial charge in [0.2, 0.25) is 0 Å². The number of hydrogen-bond donors (Lipinski definition) is 1. The first-order valence-electron chi connectivity index (χ1n) is 7.56. The molecular formula is C17H21N3O. The first kappa shape index (κ1) is 14.0. The fourth-order valence-electron chi connectivity index (χ4n) is 3.02. The van der Waals surface area contributed by atoms with Gasteiger partial charge in [-0.15, -0.1) is 0 Å². The van der Waals surface area contributed by atoms with Crippen LogP contribution >= 0.6 is 0 Å². The molecule has 1 aliphatic rings. The second-order valence-corrected chi connectivity index (χ2v) is 5.70. The van der Waals surface area contributed by atoms with Crippen molar-refractivity contribution in [3.8, 4) is 0 Å². The molecule has 1 saturated heterocycles. The van der Waals surface area contributed by atoms with Gasteiger partial charge in [0.15, 0.2) is 0 Å². The smallest absolute Gasteiger partial charge is 0.253 e. The largest absolute Gasteiger partial charge is 0.339 e. The number of nitrogens with zero attached hydrogens (tertiary/aromatic N) is 2. The third-order valence-corrected chi connectivity index (χ3v) is 4.24. The Morgan fingerprint density at radius 1 is 1.33 bits per heavy atom. The highest BCUT2D eigenvalue weighted by molar-refractivity contribution is 5.97. The second-order valence-electron chi connectivity index (χ2n) is 5.70. The van der Waals surface area contributed by atoms with Crippen LogP contribution < -0.4 is 5.32 Å². The molecule has 110 valence electrons. The average Bonchev–Trinajstić information content (AvgIpc) is 2.55. The molecule has 1 fully saturated rings. The summed E-state index contributed by atoms with van der Waals surface area (Å²) in [6.07, 6.45) is 3.94. The van der Waals surface area contributed by atoms with Gasteiger partial charge < -0.3 is 10.2 Å². The Morgan fingerprint density at radius 2 is 2.14 bits per heavy atom. The molecule has 1 aliphatic heterocycles. The van der Waals surface area contributed by atoms with E-state index in [9.17, 15) is 4.79 Å². The van der Waals surface area contributed by atoms with Crippen LogP contribution in [0.3, 0.4) is 0 Å². The van der Waals surface area contributed by atoms with E-state index >= 15 is 0 Å². The zero-order valence-corrected chi connectivity index (χ0v) is 12.4. The van der Waals surface area contributed by atoms with Gasteiger partial charge in [-0.25, -0.2) is 0 Å². The number of piperidine rings is 1. The van der Waals surface area contributed by atoms with Crippen LogP contribution in [-0.4, -0.2) is 42.5 Å². The summed E-state index contributed by atoms with van der Waals surface area (Å²) in [7, 11) is 1.99. The van der Waals surface area contributed by atoms with Crippen LogP contribution in [0.4, 0.5) is 0 Å². The van der Waals surface area contributed by atoms with Gasteiger partial charge in [-0.1, -0.05) is 6.07 Å². The Hall–Kier alpha value is -1.94. The molecule has 1 aromatic carbocycles. The van der Waals surface area contributed by atoms with Crippen molar-refractivity contribution in [2.45, 2.75) is 12.8 Å². The topological polar surface area (TPSA) is 45.2 Å². The van der Waals surface area contributed by atoms with E-state index in [1.165, 1.54) is 0 Å². The number of benzene rings is 1. The molecule has 21 heavy (non-hydrogen) atoms. The maximum atomic E-state index is 12.6. The minimum atomic E-state index is 0.142. The third kappa shape index (κ3) is 3.05. The zero-order chi connectivity index (χ0) is 14.7. The standard InChI is InChI=1S/C17H21N3O/c1-18-12-13-6-9-20(10-7-13)17(21)15-4-5-16-14(11-15)3-2-8-19-16/h2-5,8,11,13,18H,6-7,9-10,12H2,1H3. The fraction of sp³-hybridized carbons (Fsp3) is 0.412. The average molecular weight is 283 g/mol. The Kier molecular flexibility index (Phi) is 4.15. The number of nitrogens with one attached hydrogen (secondary N) is 1. The second kappa shape index (κ2) is 6.22. The van der Waals surface area contributed by atoms with Gasteiger partial charge in [-0.05, 0) is 56.6 Å². The molecule has 3 rings (SSSR count). The summed E-state index contributed by atoms with van der Waals surface area (Å²) in [5, 5.41) is 4.24. The van der Waals surface area contributed by atoms with Crippen LogP contribution in [0.15, 0.2) is 36.5 Å². The number of pyridine rings is 1. The normalized spacial score (nSPS) is 16.3. The van der Waals surface area contributed by atoms with E-state index in [1.54, 1.807) is 6.20 Å². The highest BCUT2D eigenvalue weighted by Crippen LogP contribution is 2.20. The molecule has 4 nitrogen and oxygen atoms in total. The van der Waals surface area contributed by atoms with Gasteiger partial charge in [0, 0.05) is 30.2 Å². The highest BCUT2D eigenvalue weighted by atomic mass is 16.2. The molecule has 0 bridgehead atoms. The monoisotopic (exact) mass is 283 g/mol. The summed E-state index contributed by atoms with van der Waals surface area (Å²) in [5.41, 5.74) is 1.70. The van der Waals surface area contributed by atoms with Crippen molar-refractivity contribution in [1.29, 1.82) is 0 Å². The molecule has 2 aromatic rings. The maximum Gasteiger partial charge on any atom is 0.253 e. The van der Waals surface area contributed by atoms with Crippen LogP contribution in [0.1, 0.15) is 23.2 Å². The van der Waals surface area contributed by atoms with Crippen molar-refractivity contribution >= 4 is 16.8 Å². The fourth-order valence-corrected chi connectivity index (χ4v) is 3.02. The van der Waals surface area contributed by atoms with Crippen molar-refractivity contribution in [2.75, 3.05) is 26.7 Å². The molecule has 1 aromatic heterocycles. The lowest BCUT2D eigenvalue weighted by Crippen LogP contribution is -2.40. The molecular weight excluding hydrogens is 262 g/mol. The summed E-state index contributed by atoms with van der Waals surface area (Å²) in [5.74, 6) is 0.837. The van der Waals surface area contributed by atoms with Crippen molar-refractivity contribution in [1.82, 2.24) is 15.2 Å². The summed E-state index contributed by atoms with van der Waals surface area (Å²) in [6.45, 7) is 2.76. The van der Waals surface area contributed by atoms with E-state index in [0.29, 0.717) is 5.92 Å². The Balaban J connectivity index is 1.72. The molecule has 2 heterocycles. The Labute approximate surface area is 125 Å². The molecule has 1 N–H and O–H groups in total. The number of aromatic nitrogens is 1. The molecule has 4 heteroatoms. The van der Waals surface area contributed by atoms with Crippen molar-refractivity contribution in [3.63, 3.8) is 0 Å². The molecule has 1 amide bonds. The molecule has 0 spiro atoms. The van der Waals surface area contributed by atoms with Gasteiger partial charge in [0.25, 0.3) is 5.91 Å². The maximum absolute atomic E-state index is 12.6. The van der Waals surface area contributed by atoms with Gasteiger partial charge in [-0.2, -0.15) is 0 Å². The molecule has 0 saturated carbocycles. The van der Waals surface area contributed by atoms with Gasteiger partial charge >= 0.3 is 0 Å². The van der Waals surface area contributed by atoms with Crippen LogP contribution in [0.25, 0.3) is 10.9 Å². The number of carbonyl (C=O) groups excluding carboxylic acids is 1. The summed E-state index contributed by atoms with van der Waals surface area (Å²) in [6, 6.07) is 9.66. The lowest BCUT2D eigenvalue weighted by Gasteiger charge is -2.32. The van der Waals surface area contributed by atoms with Crippen LogP contribution in [0.5, 0.6) is 0 Å². The Bertz CT molecular complexity index is 633.